The molecule has 0 aliphatic carbocycles. The lowest BCUT2D eigenvalue weighted by molar-refractivity contribution is -0.0632. The Bertz CT molecular complexity index is 1010. The average Bonchev–Trinajstić information content (AvgIpc) is 2.75. The molecule has 184 valence electrons. The molecule has 6 N–H and O–H groups in total. The fourth-order valence-electron chi connectivity index (χ4n) is 3.30. The maximum absolute atomic E-state index is 13.2. The number of likely N-dealkylation sites (N-methyl/N-ethyl adjacent to an activating group) is 1. The van der Waals surface area contributed by atoms with E-state index in [2.05, 4.69) is 15.6 Å². The maximum atomic E-state index is 13.2. The van der Waals surface area contributed by atoms with Crippen LogP contribution >= 0.6 is 0 Å². The molecule has 0 saturated heterocycles. The molecule has 0 fully saturated rings. The van der Waals surface area contributed by atoms with Crippen LogP contribution < -0.4 is 16.2 Å². The Morgan fingerprint density at radius 2 is 1.79 bits per heavy atom. The summed E-state index contributed by atoms with van der Waals surface area (Å²) >= 11 is 0. The summed E-state index contributed by atoms with van der Waals surface area (Å²) in [4.78, 5) is 32.0. The molecule has 2 aromatic rings. The van der Waals surface area contributed by atoms with Gasteiger partial charge in [0.2, 0.25) is 0 Å². The zero-order valence-electron chi connectivity index (χ0n) is 19.6. The number of aryl methyl sites for hydroxylation is 2. The van der Waals surface area contributed by atoms with Crippen molar-refractivity contribution in [3.63, 3.8) is 0 Å². The number of amides is 1. The summed E-state index contributed by atoms with van der Waals surface area (Å²) in [5.74, 6) is -0.626. The predicted molar refractivity (Wildman–Crippen MR) is 124 cm³/mol. The number of carbonyl (C=O) groups excluding carboxylic acids is 1. The zero-order valence-corrected chi connectivity index (χ0v) is 19.6. The summed E-state index contributed by atoms with van der Waals surface area (Å²) in [5.41, 5.74) is 1.62. The number of aliphatic hydroxyl groups excluding tert-OH is 4. The summed E-state index contributed by atoms with van der Waals surface area (Å²) < 4.78 is 1.21. The summed E-state index contributed by atoms with van der Waals surface area (Å²) in [6, 6.07) is 3.50. The van der Waals surface area contributed by atoms with E-state index in [0.717, 1.165) is 11.1 Å². The van der Waals surface area contributed by atoms with Crippen LogP contribution in [0.1, 0.15) is 21.6 Å². The number of hydrogen-bond acceptors (Lipinski definition) is 9. The van der Waals surface area contributed by atoms with Crippen molar-refractivity contribution in [2.75, 3.05) is 46.9 Å². The van der Waals surface area contributed by atoms with Crippen LogP contribution in [-0.4, -0.2) is 106 Å². The van der Waals surface area contributed by atoms with E-state index in [-0.39, 0.29) is 31.9 Å². The minimum atomic E-state index is -1.56. The van der Waals surface area contributed by atoms with E-state index >= 15 is 0 Å². The Hall–Kier alpha value is -2.41. The molecule has 0 aliphatic heterocycles. The van der Waals surface area contributed by atoms with E-state index in [1.165, 1.54) is 4.57 Å². The number of hydrogen-bond donors (Lipinski definition) is 6. The van der Waals surface area contributed by atoms with Gasteiger partial charge in [0.25, 0.3) is 11.5 Å². The van der Waals surface area contributed by atoms with Gasteiger partial charge in [0.15, 0.2) is 5.69 Å². The van der Waals surface area contributed by atoms with Gasteiger partial charge in [0.05, 0.1) is 30.3 Å². The van der Waals surface area contributed by atoms with E-state index in [1.54, 1.807) is 12.1 Å². The van der Waals surface area contributed by atoms with Crippen LogP contribution in [0.3, 0.4) is 0 Å². The van der Waals surface area contributed by atoms with Crippen LogP contribution in [0.4, 0.5) is 0 Å². The Balaban J connectivity index is 2.40. The van der Waals surface area contributed by atoms with Gasteiger partial charge in [0.1, 0.15) is 12.2 Å². The Labute approximate surface area is 192 Å². The van der Waals surface area contributed by atoms with E-state index in [4.69, 9.17) is 5.11 Å². The van der Waals surface area contributed by atoms with E-state index in [0.29, 0.717) is 24.1 Å². The summed E-state index contributed by atoms with van der Waals surface area (Å²) in [5, 5.41) is 45.2. The number of aromatic nitrogens is 2. The fourth-order valence-corrected chi connectivity index (χ4v) is 3.30. The molecular weight excluding hydrogens is 430 g/mol. The molecule has 0 bridgehead atoms. The first-order chi connectivity index (χ1) is 15.6. The third-order valence-corrected chi connectivity index (χ3v) is 5.42. The standard InChI is InChI=1S/C22H35N5O6/c1-13-9-15-16(10-14(13)2)27(12-18(30)20(31)17(29)11-23-6-8-28)22(33)19(25-15)21(32)24-5-7-26(3)4/h9-10,17-18,20,23,28-31H,5-8,11-12H2,1-4H3,(H,24,32)/t17-,18+,20-/m1/s1. The first-order valence-electron chi connectivity index (χ1n) is 10.9. The lowest BCUT2D eigenvalue weighted by atomic mass is 10.1. The number of rotatable bonds is 12. The van der Waals surface area contributed by atoms with Crippen LogP contribution in [0.2, 0.25) is 0 Å². The van der Waals surface area contributed by atoms with Gasteiger partial charge >= 0.3 is 0 Å². The van der Waals surface area contributed by atoms with Crippen LogP contribution in [0, 0.1) is 13.8 Å². The molecule has 3 atom stereocenters. The molecule has 1 amide bonds. The summed E-state index contributed by atoms with van der Waals surface area (Å²) in [6.07, 6.45) is -4.38. The molecular formula is C22H35N5O6. The lowest BCUT2D eigenvalue weighted by Crippen LogP contribution is -2.46. The van der Waals surface area contributed by atoms with Crippen molar-refractivity contribution in [2.24, 2.45) is 0 Å². The van der Waals surface area contributed by atoms with Gasteiger partial charge in [-0.15, -0.1) is 0 Å². The molecule has 33 heavy (non-hydrogen) atoms. The molecule has 0 saturated carbocycles. The van der Waals surface area contributed by atoms with Gasteiger partial charge in [-0.25, -0.2) is 4.98 Å². The first-order valence-corrected chi connectivity index (χ1v) is 10.9. The second-order valence-corrected chi connectivity index (χ2v) is 8.41. The topological polar surface area (TPSA) is 160 Å². The highest BCUT2D eigenvalue weighted by molar-refractivity contribution is 5.94. The normalized spacial score (nSPS) is 14.5. The molecule has 1 aromatic heterocycles. The number of carbonyl (C=O) groups is 1. The number of benzene rings is 1. The average molecular weight is 466 g/mol. The highest BCUT2D eigenvalue weighted by Crippen LogP contribution is 2.18. The molecule has 0 aliphatic rings. The highest BCUT2D eigenvalue weighted by atomic mass is 16.4. The predicted octanol–water partition coefficient (Wildman–Crippen LogP) is -2.03. The monoisotopic (exact) mass is 465 g/mol. The largest absolute Gasteiger partial charge is 0.395 e. The van der Waals surface area contributed by atoms with Crippen molar-refractivity contribution in [2.45, 2.75) is 38.7 Å². The van der Waals surface area contributed by atoms with Gasteiger partial charge < -0.3 is 40.5 Å². The number of nitrogens with zero attached hydrogens (tertiary/aromatic N) is 3. The molecule has 11 heteroatoms. The van der Waals surface area contributed by atoms with Gasteiger partial charge in [-0.05, 0) is 51.2 Å². The van der Waals surface area contributed by atoms with E-state index in [1.807, 2.05) is 32.8 Å². The summed E-state index contributed by atoms with van der Waals surface area (Å²) in [6.45, 7) is 4.34. The number of fused-ring (bicyclic) bond motifs is 1. The van der Waals surface area contributed by atoms with E-state index < -0.39 is 29.8 Å². The van der Waals surface area contributed by atoms with Crippen molar-refractivity contribution in [1.29, 1.82) is 0 Å². The molecule has 1 heterocycles. The highest BCUT2D eigenvalue weighted by Gasteiger charge is 2.27. The molecule has 0 radical (unpaired) electrons. The van der Waals surface area contributed by atoms with Gasteiger partial charge in [-0.3, -0.25) is 9.59 Å². The molecule has 0 spiro atoms. The SMILES string of the molecule is Cc1cc2nc(C(=O)NCCN(C)C)c(=O)n(C[C@H](O)[C@H](O)[C@H](O)CNCCO)c2cc1C. The third-order valence-electron chi connectivity index (χ3n) is 5.42. The van der Waals surface area contributed by atoms with Crippen LogP contribution in [-0.2, 0) is 6.54 Å². The van der Waals surface area contributed by atoms with Crippen LogP contribution in [0.25, 0.3) is 11.0 Å². The quantitative estimate of drug-likeness (QED) is 0.194. The van der Waals surface area contributed by atoms with Crippen molar-refractivity contribution >= 4 is 16.9 Å². The minimum Gasteiger partial charge on any atom is -0.395 e. The summed E-state index contributed by atoms with van der Waals surface area (Å²) in [7, 11) is 3.72. The third kappa shape index (κ3) is 7.03. The van der Waals surface area contributed by atoms with Crippen molar-refractivity contribution in [3.8, 4) is 0 Å². The molecule has 0 unspecified atom stereocenters. The van der Waals surface area contributed by atoms with Gasteiger partial charge in [0, 0.05) is 26.2 Å². The second-order valence-electron chi connectivity index (χ2n) is 8.41. The van der Waals surface area contributed by atoms with Crippen LogP contribution in [0.15, 0.2) is 16.9 Å². The maximum Gasteiger partial charge on any atom is 0.282 e. The lowest BCUT2D eigenvalue weighted by Gasteiger charge is -2.24. The zero-order chi connectivity index (χ0) is 24.7. The smallest absolute Gasteiger partial charge is 0.282 e. The van der Waals surface area contributed by atoms with Crippen molar-refractivity contribution < 1.29 is 25.2 Å². The number of aliphatic hydroxyl groups is 4. The Kier molecular flexibility index (Phi) is 9.89. The minimum absolute atomic E-state index is 0.0530. The molecule has 11 nitrogen and oxygen atoms in total. The second kappa shape index (κ2) is 12.2. The van der Waals surface area contributed by atoms with Crippen molar-refractivity contribution in [1.82, 2.24) is 25.1 Å². The molecule has 2 rings (SSSR count). The molecule has 1 aromatic carbocycles. The van der Waals surface area contributed by atoms with Crippen LogP contribution in [0.5, 0.6) is 0 Å². The fraction of sp³-hybridized carbons (Fsp3) is 0.591. The number of nitrogens with one attached hydrogen (secondary N) is 2. The van der Waals surface area contributed by atoms with Crippen molar-refractivity contribution in [3.05, 3.63) is 39.3 Å². The van der Waals surface area contributed by atoms with E-state index in [9.17, 15) is 24.9 Å². The Morgan fingerprint density at radius 1 is 1.12 bits per heavy atom. The Morgan fingerprint density at radius 3 is 2.42 bits per heavy atom. The van der Waals surface area contributed by atoms with Gasteiger partial charge in [-0.2, -0.15) is 0 Å². The first kappa shape index (κ1) is 26.8. The van der Waals surface area contributed by atoms with Gasteiger partial charge in [-0.1, -0.05) is 0 Å².